The van der Waals surface area contributed by atoms with E-state index in [1.165, 1.54) is 17.8 Å². The lowest BCUT2D eigenvalue weighted by Gasteiger charge is -2.21. The highest BCUT2D eigenvalue weighted by Crippen LogP contribution is 2.15. The molecule has 1 aromatic rings. The Morgan fingerprint density at radius 1 is 1.52 bits per heavy atom. The number of aliphatic hydroxyl groups is 1. The Balaban J connectivity index is 2.37. The molecule has 0 saturated carbocycles. The molecule has 2 unspecified atom stereocenters. The largest absolute Gasteiger partial charge is 0.395 e. The number of sulfonamides is 1. The van der Waals surface area contributed by atoms with Gasteiger partial charge in [0.05, 0.1) is 6.61 Å². The molecule has 0 aliphatic rings. The molecule has 0 aromatic carbocycles. The van der Waals surface area contributed by atoms with E-state index in [0.717, 1.165) is 11.3 Å². The molecule has 0 spiro atoms. The average molecular weight is 353 g/mol. The third kappa shape index (κ3) is 5.95. The van der Waals surface area contributed by atoms with Gasteiger partial charge in [0.15, 0.2) is 0 Å². The van der Waals surface area contributed by atoms with Crippen LogP contribution in [0.15, 0.2) is 21.7 Å². The summed E-state index contributed by atoms with van der Waals surface area (Å²) >= 11 is 2.60. The van der Waals surface area contributed by atoms with E-state index < -0.39 is 10.0 Å². The number of nitrogens with one attached hydrogen (secondary N) is 2. The van der Waals surface area contributed by atoms with Gasteiger partial charge in [0.2, 0.25) is 15.9 Å². The number of carbonyl (C=O) groups excluding carboxylic acids is 1. The SMILES string of the molecule is CSC(CO)C(C)NC(=O)CCNS(=O)(=O)c1cccs1. The number of thiophene rings is 1. The number of hydrogen-bond donors (Lipinski definition) is 3. The minimum Gasteiger partial charge on any atom is -0.395 e. The van der Waals surface area contributed by atoms with Gasteiger partial charge in [-0.2, -0.15) is 11.8 Å². The molecule has 1 heterocycles. The fourth-order valence-electron chi connectivity index (χ4n) is 1.64. The summed E-state index contributed by atoms with van der Waals surface area (Å²) in [7, 11) is -3.52. The minimum atomic E-state index is -3.52. The van der Waals surface area contributed by atoms with E-state index in [-0.39, 0.29) is 41.0 Å². The van der Waals surface area contributed by atoms with Gasteiger partial charge in [0, 0.05) is 24.3 Å². The van der Waals surface area contributed by atoms with Crippen molar-refractivity contribution < 1.29 is 18.3 Å². The predicted octanol–water partition coefficient (Wildman–Crippen LogP) is 0.645. The van der Waals surface area contributed by atoms with Crippen LogP contribution in [-0.4, -0.2) is 50.1 Å². The lowest BCUT2D eigenvalue weighted by molar-refractivity contribution is -0.121. The molecule has 0 fully saturated rings. The molecular formula is C12H20N2O4S3. The molecule has 1 amide bonds. The van der Waals surface area contributed by atoms with E-state index in [1.807, 2.05) is 13.2 Å². The van der Waals surface area contributed by atoms with Crippen LogP contribution in [0.1, 0.15) is 13.3 Å². The molecular weight excluding hydrogens is 332 g/mol. The third-order valence-electron chi connectivity index (χ3n) is 2.83. The van der Waals surface area contributed by atoms with Crippen LogP contribution in [0.5, 0.6) is 0 Å². The highest BCUT2D eigenvalue weighted by Gasteiger charge is 2.18. The third-order valence-corrected chi connectivity index (χ3v) is 6.85. The lowest BCUT2D eigenvalue weighted by atomic mass is 10.2. The van der Waals surface area contributed by atoms with Crippen LogP contribution in [-0.2, 0) is 14.8 Å². The second-order valence-corrected chi connectivity index (χ2v) is 8.41. The molecule has 1 aromatic heterocycles. The Labute approximate surface area is 133 Å². The summed E-state index contributed by atoms with van der Waals surface area (Å²) in [5.41, 5.74) is 0. The summed E-state index contributed by atoms with van der Waals surface area (Å²) in [4.78, 5) is 11.7. The Hall–Kier alpha value is -0.610. The summed E-state index contributed by atoms with van der Waals surface area (Å²) < 4.78 is 26.3. The molecule has 0 aliphatic heterocycles. The molecule has 0 aliphatic carbocycles. The van der Waals surface area contributed by atoms with Crippen molar-refractivity contribution in [3.05, 3.63) is 17.5 Å². The number of thioether (sulfide) groups is 1. The molecule has 6 nitrogen and oxygen atoms in total. The summed E-state index contributed by atoms with van der Waals surface area (Å²) in [6.07, 6.45) is 1.92. The Morgan fingerprint density at radius 2 is 2.24 bits per heavy atom. The summed E-state index contributed by atoms with van der Waals surface area (Å²) in [6, 6.07) is 3.00. The van der Waals surface area contributed by atoms with Gasteiger partial charge < -0.3 is 10.4 Å². The van der Waals surface area contributed by atoms with Crippen molar-refractivity contribution >= 4 is 39.0 Å². The fourth-order valence-corrected chi connectivity index (χ4v) is 4.34. The summed E-state index contributed by atoms with van der Waals surface area (Å²) in [5, 5.41) is 13.5. The average Bonchev–Trinajstić information content (AvgIpc) is 2.94. The second-order valence-electron chi connectivity index (χ2n) is 4.39. The van der Waals surface area contributed by atoms with Crippen molar-refractivity contribution in [2.75, 3.05) is 19.4 Å². The van der Waals surface area contributed by atoms with E-state index >= 15 is 0 Å². The second kappa shape index (κ2) is 8.74. The number of carbonyl (C=O) groups is 1. The quantitative estimate of drug-likeness (QED) is 0.606. The van der Waals surface area contributed by atoms with Gasteiger partial charge in [-0.05, 0) is 24.6 Å². The highest BCUT2D eigenvalue weighted by molar-refractivity contribution is 7.99. The molecule has 0 radical (unpaired) electrons. The number of hydrogen-bond acceptors (Lipinski definition) is 6. The summed E-state index contributed by atoms with van der Waals surface area (Å²) in [6.45, 7) is 1.83. The van der Waals surface area contributed by atoms with Crippen LogP contribution in [0.4, 0.5) is 0 Å². The van der Waals surface area contributed by atoms with E-state index in [0.29, 0.717) is 0 Å². The van der Waals surface area contributed by atoms with Crippen molar-refractivity contribution in [2.45, 2.75) is 28.8 Å². The normalized spacial score (nSPS) is 14.6. The highest BCUT2D eigenvalue weighted by atomic mass is 32.2. The van der Waals surface area contributed by atoms with Gasteiger partial charge in [-0.15, -0.1) is 11.3 Å². The molecule has 3 N–H and O–H groups in total. The van der Waals surface area contributed by atoms with E-state index in [2.05, 4.69) is 10.0 Å². The zero-order valence-corrected chi connectivity index (χ0v) is 14.4. The number of rotatable bonds is 9. The van der Waals surface area contributed by atoms with Crippen molar-refractivity contribution in [3.63, 3.8) is 0 Å². The van der Waals surface area contributed by atoms with Gasteiger partial charge in [0.25, 0.3) is 0 Å². The van der Waals surface area contributed by atoms with Crippen LogP contribution in [0.25, 0.3) is 0 Å². The van der Waals surface area contributed by atoms with E-state index in [1.54, 1.807) is 11.4 Å². The van der Waals surface area contributed by atoms with Crippen molar-refractivity contribution in [2.24, 2.45) is 0 Å². The molecule has 9 heteroatoms. The van der Waals surface area contributed by atoms with Crippen molar-refractivity contribution in [1.29, 1.82) is 0 Å². The van der Waals surface area contributed by atoms with Gasteiger partial charge in [-0.3, -0.25) is 4.79 Å². The maximum absolute atomic E-state index is 11.8. The van der Waals surface area contributed by atoms with Crippen LogP contribution in [0, 0.1) is 0 Å². The van der Waals surface area contributed by atoms with Gasteiger partial charge in [0.1, 0.15) is 4.21 Å². The van der Waals surface area contributed by atoms with Gasteiger partial charge >= 0.3 is 0 Å². The topological polar surface area (TPSA) is 95.5 Å². The van der Waals surface area contributed by atoms with Crippen LogP contribution >= 0.6 is 23.1 Å². The minimum absolute atomic E-state index is 0.0202. The van der Waals surface area contributed by atoms with Gasteiger partial charge in [-0.25, -0.2) is 13.1 Å². The van der Waals surface area contributed by atoms with E-state index in [4.69, 9.17) is 5.11 Å². The molecule has 1 rings (SSSR count). The van der Waals surface area contributed by atoms with Crippen molar-refractivity contribution in [1.82, 2.24) is 10.0 Å². The molecule has 0 bridgehead atoms. The first-order valence-electron chi connectivity index (χ1n) is 6.37. The predicted molar refractivity (Wildman–Crippen MR) is 86.1 cm³/mol. The smallest absolute Gasteiger partial charge is 0.250 e. The molecule has 0 saturated heterocycles. The monoisotopic (exact) mass is 352 g/mol. The lowest BCUT2D eigenvalue weighted by Crippen LogP contribution is -2.42. The Bertz CT molecular complexity index is 527. The van der Waals surface area contributed by atoms with Crippen molar-refractivity contribution in [3.8, 4) is 0 Å². The Morgan fingerprint density at radius 3 is 2.76 bits per heavy atom. The number of aliphatic hydroxyl groups excluding tert-OH is 1. The zero-order chi connectivity index (χ0) is 15.9. The first-order valence-corrected chi connectivity index (χ1v) is 10.0. The number of amides is 1. The Kier molecular flexibility index (Phi) is 7.67. The molecule has 120 valence electrons. The zero-order valence-electron chi connectivity index (χ0n) is 11.9. The van der Waals surface area contributed by atoms with Crippen LogP contribution in [0.2, 0.25) is 0 Å². The van der Waals surface area contributed by atoms with Gasteiger partial charge in [-0.1, -0.05) is 6.07 Å². The standard InChI is InChI=1S/C12H20N2O4S3/c1-9(10(8-15)19-2)14-11(16)5-6-13-21(17,18)12-4-3-7-20-12/h3-4,7,9-10,13,15H,5-6,8H2,1-2H3,(H,14,16). The first-order chi connectivity index (χ1) is 9.90. The summed E-state index contributed by atoms with van der Waals surface area (Å²) in [5.74, 6) is -0.246. The maximum Gasteiger partial charge on any atom is 0.250 e. The fraction of sp³-hybridized carbons (Fsp3) is 0.583. The first kappa shape index (κ1) is 18.4. The molecule has 2 atom stereocenters. The van der Waals surface area contributed by atoms with Crippen LogP contribution < -0.4 is 10.0 Å². The van der Waals surface area contributed by atoms with E-state index in [9.17, 15) is 13.2 Å². The molecule has 21 heavy (non-hydrogen) atoms. The maximum atomic E-state index is 11.8. The van der Waals surface area contributed by atoms with Crippen LogP contribution in [0.3, 0.4) is 0 Å².